The van der Waals surface area contributed by atoms with Gasteiger partial charge in [0.25, 0.3) is 0 Å². The van der Waals surface area contributed by atoms with Crippen LogP contribution in [0.15, 0.2) is 30.3 Å². The minimum absolute atomic E-state index is 0.00228. The Morgan fingerprint density at radius 3 is 2.38 bits per heavy atom. The Morgan fingerprint density at radius 1 is 1.11 bits per heavy atom. The Balaban J connectivity index is 1.72. The van der Waals surface area contributed by atoms with Gasteiger partial charge in [-0.05, 0) is 42.6 Å². The summed E-state index contributed by atoms with van der Waals surface area (Å²) in [5.74, 6) is 0.112. The molecule has 0 bridgehead atoms. The Morgan fingerprint density at radius 2 is 1.80 bits per heavy atom. The molecule has 0 saturated carbocycles. The minimum Gasteiger partial charge on any atom is -0.379 e. The number of H-pyrrole nitrogens is 1. The van der Waals surface area contributed by atoms with Crippen LogP contribution in [0.1, 0.15) is 91.0 Å². The van der Waals surface area contributed by atoms with Gasteiger partial charge in [0, 0.05) is 45.0 Å². The number of carbonyl (C=O) groups excluding carboxylic acids is 3. The molecule has 1 aliphatic rings. The molecule has 11 heteroatoms. The zero-order valence-electron chi connectivity index (χ0n) is 28.5. The number of rotatable bonds is 17. The normalized spacial score (nSPS) is 19.9. The van der Waals surface area contributed by atoms with E-state index in [1.54, 1.807) is 19.1 Å². The van der Waals surface area contributed by atoms with Crippen molar-refractivity contribution in [3.8, 4) is 0 Å². The molecule has 0 radical (unpaired) electrons. The van der Waals surface area contributed by atoms with Crippen molar-refractivity contribution in [1.29, 1.82) is 0 Å². The fourth-order valence-corrected chi connectivity index (χ4v) is 6.74. The molecule has 250 valence electrons. The Bertz CT molecular complexity index is 1210. The van der Waals surface area contributed by atoms with Gasteiger partial charge in [-0.1, -0.05) is 83.5 Å². The number of tetrazole rings is 1. The average molecular weight is 626 g/mol. The van der Waals surface area contributed by atoms with E-state index < -0.39 is 12.1 Å². The first kappa shape index (κ1) is 36.3. The third-order valence-electron chi connectivity index (χ3n) is 10.1. The lowest BCUT2D eigenvalue weighted by Crippen LogP contribution is -2.56. The maximum atomic E-state index is 13.9. The lowest BCUT2D eigenvalue weighted by Gasteiger charge is -2.40. The Labute approximate surface area is 269 Å². The Hall–Kier alpha value is -3.18. The first-order valence-electron chi connectivity index (χ1n) is 16.6. The number of amides is 2. The van der Waals surface area contributed by atoms with Gasteiger partial charge in [-0.15, -0.1) is 10.2 Å². The van der Waals surface area contributed by atoms with Crippen LogP contribution in [0.2, 0.25) is 0 Å². The third-order valence-corrected chi connectivity index (χ3v) is 10.1. The minimum atomic E-state index is -0.620. The summed E-state index contributed by atoms with van der Waals surface area (Å²) in [7, 11) is 3.37. The van der Waals surface area contributed by atoms with Crippen molar-refractivity contribution in [2.45, 2.75) is 110 Å². The molecule has 1 fully saturated rings. The summed E-state index contributed by atoms with van der Waals surface area (Å²) >= 11 is 0. The number of nitrogens with two attached hydrogens (primary N) is 1. The molecule has 1 aromatic heterocycles. The first-order chi connectivity index (χ1) is 21.4. The summed E-state index contributed by atoms with van der Waals surface area (Å²) in [6.07, 6.45) is 3.16. The monoisotopic (exact) mass is 625 g/mol. The summed E-state index contributed by atoms with van der Waals surface area (Å²) in [6.45, 7) is 12.7. The molecule has 1 aliphatic heterocycles. The highest BCUT2D eigenvalue weighted by molar-refractivity contribution is 5.83. The third kappa shape index (κ3) is 9.19. The molecular formula is C34H55N7O4. The van der Waals surface area contributed by atoms with Crippen LogP contribution in [-0.2, 0) is 25.5 Å². The number of hydrogen-bond donors (Lipinski definition) is 2. The molecule has 8 atom stereocenters. The standard InChI is InChI=1S/C34H55N7O4/c1-9-22(4)32(40(7)34(44)31(35)21(2)3)29(45-8)20-30(43)41-17-13-16-27(41)23(5)24(6)28(42)19-26(33-36-38-39-37-33)18-25-14-11-10-12-15-25/h10-12,14-15,21-24,26-27,29,31-32H,9,13,16-20,35H2,1-8H3,(H,36,37,38,39)/t22-,23+,24+,26+,27-,29+,31-,32-/m0/s1. The van der Waals surface area contributed by atoms with Gasteiger partial charge in [0.05, 0.1) is 24.6 Å². The van der Waals surface area contributed by atoms with E-state index in [-0.39, 0.29) is 65.7 Å². The van der Waals surface area contributed by atoms with Gasteiger partial charge in [0.1, 0.15) is 5.78 Å². The van der Waals surface area contributed by atoms with Gasteiger partial charge in [-0.2, -0.15) is 5.21 Å². The molecule has 0 spiro atoms. The highest BCUT2D eigenvalue weighted by atomic mass is 16.5. The van der Waals surface area contributed by atoms with Crippen molar-refractivity contribution in [1.82, 2.24) is 30.4 Å². The van der Waals surface area contributed by atoms with Crippen LogP contribution < -0.4 is 5.73 Å². The number of Topliss-reactive ketones (excluding diaryl/α,β-unsaturated/α-hetero) is 1. The fraction of sp³-hybridized carbons (Fsp3) is 0.706. The molecule has 1 saturated heterocycles. The molecule has 0 aliphatic carbocycles. The molecular weight excluding hydrogens is 570 g/mol. The predicted octanol–water partition coefficient (Wildman–Crippen LogP) is 4.01. The fourth-order valence-electron chi connectivity index (χ4n) is 6.74. The topological polar surface area (TPSA) is 147 Å². The molecule has 45 heavy (non-hydrogen) atoms. The molecule has 3 rings (SSSR count). The van der Waals surface area contributed by atoms with E-state index in [1.165, 1.54) is 0 Å². The quantitative estimate of drug-likeness (QED) is 0.268. The molecule has 2 aromatic rings. The number of likely N-dealkylation sites (N-methyl/N-ethyl adjacent to an activating group) is 1. The predicted molar refractivity (Wildman–Crippen MR) is 174 cm³/mol. The number of nitrogens with one attached hydrogen (secondary N) is 1. The number of ether oxygens (including phenoxy) is 1. The number of methoxy groups -OCH3 is 1. The zero-order chi connectivity index (χ0) is 33.3. The number of nitrogens with zero attached hydrogens (tertiary/aromatic N) is 5. The van der Waals surface area contributed by atoms with E-state index >= 15 is 0 Å². The SMILES string of the molecule is CC[C@H](C)[C@@H]([C@@H](CC(=O)N1CCC[C@H]1[C@H](C)[C@@H](C)C(=O)C[C@@H](Cc1ccccc1)c1nn[nH]n1)OC)N(C)C(=O)[C@@H](N)C(C)C. The summed E-state index contributed by atoms with van der Waals surface area (Å²) in [4.78, 5) is 44.5. The van der Waals surface area contributed by atoms with E-state index in [4.69, 9.17) is 10.5 Å². The summed E-state index contributed by atoms with van der Waals surface area (Å²) in [5, 5.41) is 14.6. The lowest BCUT2D eigenvalue weighted by atomic mass is 9.81. The van der Waals surface area contributed by atoms with Gasteiger partial charge >= 0.3 is 0 Å². The number of ketones is 1. The molecule has 11 nitrogen and oxygen atoms in total. The maximum Gasteiger partial charge on any atom is 0.239 e. The van der Waals surface area contributed by atoms with Gasteiger partial charge in [-0.25, -0.2) is 0 Å². The molecule has 3 N–H and O–H groups in total. The smallest absolute Gasteiger partial charge is 0.239 e. The number of likely N-dealkylation sites (tertiary alicyclic amines) is 1. The van der Waals surface area contributed by atoms with E-state index in [0.717, 1.165) is 24.8 Å². The van der Waals surface area contributed by atoms with E-state index in [9.17, 15) is 14.4 Å². The van der Waals surface area contributed by atoms with Crippen LogP contribution >= 0.6 is 0 Å². The average Bonchev–Trinajstić information content (AvgIpc) is 3.76. The lowest BCUT2D eigenvalue weighted by molar-refractivity contribution is -0.144. The van der Waals surface area contributed by atoms with Crippen LogP contribution in [0, 0.1) is 23.7 Å². The number of aromatic amines is 1. The molecule has 2 heterocycles. The van der Waals surface area contributed by atoms with E-state index in [1.807, 2.05) is 56.0 Å². The van der Waals surface area contributed by atoms with Crippen LogP contribution in [0.25, 0.3) is 0 Å². The van der Waals surface area contributed by atoms with E-state index in [0.29, 0.717) is 25.2 Å². The van der Waals surface area contributed by atoms with Gasteiger partial charge in [0.15, 0.2) is 5.82 Å². The van der Waals surface area contributed by atoms with Crippen LogP contribution in [-0.4, -0.2) is 93.0 Å². The molecule has 2 amide bonds. The molecule has 1 aromatic carbocycles. The number of aromatic nitrogens is 4. The van der Waals surface area contributed by atoms with Gasteiger partial charge in [0.2, 0.25) is 11.8 Å². The largest absolute Gasteiger partial charge is 0.379 e. The zero-order valence-corrected chi connectivity index (χ0v) is 28.5. The van der Waals surface area contributed by atoms with Crippen molar-refractivity contribution in [3.63, 3.8) is 0 Å². The summed E-state index contributed by atoms with van der Waals surface area (Å²) in [5.41, 5.74) is 7.34. The van der Waals surface area contributed by atoms with Gasteiger partial charge < -0.3 is 20.3 Å². The maximum absolute atomic E-state index is 13.9. The number of benzene rings is 1. The van der Waals surface area contributed by atoms with Crippen molar-refractivity contribution >= 4 is 17.6 Å². The second kappa shape index (κ2) is 16.9. The molecule has 0 unspecified atom stereocenters. The highest BCUT2D eigenvalue weighted by Gasteiger charge is 2.41. The van der Waals surface area contributed by atoms with E-state index in [2.05, 4.69) is 41.4 Å². The van der Waals surface area contributed by atoms with Crippen LogP contribution in [0.5, 0.6) is 0 Å². The summed E-state index contributed by atoms with van der Waals surface area (Å²) in [6, 6.07) is 9.04. The number of hydrogen-bond acceptors (Lipinski definition) is 8. The van der Waals surface area contributed by atoms with Crippen LogP contribution in [0.4, 0.5) is 0 Å². The first-order valence-corrected chi connectivity index (χ1v) is 16.6. The van der Waals surface area contributed by atoms with Crippen molar-refractivity contribution < 1.29 is 19.1 Å². The number of carbonyl (C=O) groups is 3. The Kier molecular flexibility index (Phi) is 13.7. The second-order valence-electron chi connectivity index (χ2n) is 13.3. The summed E-state index contributed by atoms with van der Waals surface area (Å²) < 4.78 is 5.93. The highest BCUT2D eigenvalue weighted by Crippen LogP contribution is 2.33. The van der Waals surface area contributed by atoms with Crippen LogP contribution in [0.3, 0.4) is 0 Å². The van der Waals surface area contributed by atoms with Crippen molar-refractivity contribution in [2.24, 2.45) is 29.4 Å². The van der Waals surface area contributed by atoms with Crippen molar-refractivity contribution in [3.05, 3.63) is 41.7 Å². The van der Waals surface area contributed by atoms with Crippen molar-refractivity contribution in [2.75, 3.05) is 20.7 Å². The van der Waals surface area contributed by atoms with Gasteiger partial charge in [-0.3, -0.25) is 14.4 Å². The second-order valence-corrected chi connectivity index (χ2v) is 13.3.